The molecule has 1 saturated heterocycles. The fourth-order valence-electron chi connectivity index (χ4n) is 3.65. The summed E-state index contributed by atoms with van der Waals surface area (Å²) in [5.74, 6) is 0.0385. The molecule has 2 aromatic heterocycles. The van der Waals surface area contributed by atoms with Gasteiger partial charge in [0.05, 0.1) is 11.7 Å². The lowest BCUT2D eigenvalue weighted by molar-refractivity contribution is -0.183. The van der Waals surface area contributed by atoms with E-state index in [2.05, 4.69) is 24.0 Å². The molecular weight excluding hydrogens is 270 g/mol. The number of aromatic nitrogens is 3. The third kappa shape index (κ3) is 1.78. The minimum atomic E-state index is -0.297. The number of ether oxygens (including phenoxy) is 2. The summed E-state index contributed by atoms with van der Waals surface area (Å²) in [5, 5.41) is 7.72. The second-order valence-electron chi connectivity index (χ2n) is 6.41. The Morgan fingerprint density at radius 2 is 2.33 bits per heavy atom. The molecule has 0 radical (unpaired) electrons. The van der Waals surface area contributed by atoms with Crippen LogP contribution in [0.3, 0.4) is 0 Å². The maximum absolute atomic E-state index is 12.4. The number of carbonyl (C=O) groups is 1. The molecule has 6 nitrogen and oxygen atoms in total. The molecule has 0 bridgehead atoms. The number of rotatable bonds is 2. The highest BCUT2D eigenvalue weighted by Gasteiger charge is 2.61. The van der Waals surface area contributed by atoms with E-state index in [1.54, 1.807) is 29.1 Å². The first-order chi connectivity index (χ1) is 10.1. The van der Waals surface area contributed by atoms with E-state index >= 15 is 0 Å². The van der Waals surface area contributed by atoms with E-state index in [1.165, 1.54) is 0 Å². The van der Waals surface area contributed by atoms with Gasteiger partial charge in [0.2, 0.25) is 0 Å². The average molecular weight is 287 g/mol. The zero-order valence-corrected chi connectivity index (χ0v) is 12.0. The van der Waals surface area contributed by atoms with Crippen LogP contribution in [0, 0.1) is 11.3 Å². The van der Waals surface area contributed by atoms with Crippen LogP contribution in [-0.4, -0.2) is 39.4 Å². The van der Waals surface area contributed by atoms with Crippen molar-refractivity contribution < 1.29 is 14.3 Å². The van der Waals surface area contributed by atoms with Gasteiger partial charge in [-0.15, -0.1) is 10.2 Å². The Labute approximate surface area is 122 Å². The van der Waals surface area contributed by atoms with E-state index in [0.717, 1.165) is 13.0 Å². The molecule has 0 spiro atoms. The lowest BCUT2D eigenvalue weighted by Gasteiger charge is -2.53. The molecule has 21 heavy (non-hydrogen) atoms. The minimum Gasteiger partial charge on any atom is -0.458 e. The van der Waals surface area contributed by atoms with E-state index in [0.29, 0.717) is 17.1 Å². The summed E-state index contributed by atoms with van der Waals surface area (Å²) in [4.78, 5) is 12.4. The Bertz CT molecular complexity index is 709. The van der Waals surface area contributed by atoms with Gasteiger partial charge in [0, 0.05) is 24.1 Å². The second kappa shape index (κ2) is 4.27. The van der Waals surface area contributed by atoms with Crippen LogP contribution in [0.25, 0.3) is 5.65 Å². The van der Waals surface area contributed by atoms with Gasteiger partial charge in [-0.1, -0.05) is 13.8 Å². The molecule has 3 atom stereocenters. The van der Waals surface area contributed by atoms with Crippen molar-refractivity contribution in [1.29, 1.82) is 0 Å². The standard InChI is InChI=1S/C15H17N3O3/c1-15(2)12-10(5-6-20-12)13(15)21-14(19)9-3-4-11-17-16-8-18(11)7-9/h3-4,7-8,10,12-13H,5-6H2,1-2H3/t10-,12+,13-/m0/s1. The molecular formula is C15H17N3O3. The summed E-state index contributed by atoms with van der Waals surface area (Å²) in [6.45, 7) is 4.96. The van der Waals surface area contributed by atoms with Gasteiger partial charge in [0.15, 0.2) is 5.65 Å². The molecule has 2 aliphatic rings. The van der Waals surface area contributed by atoms with Gasteiger partial charge >= 0.3 is 5.97 Å². The van der Waals surface area contributed by atoms with Crippen LogP contribution in [0.2, 0.25) is 0 Å². The highest BCUT2D eigenvalue weighted by molar-refractivity contribution is 5.89. The Kier molecular flexibility index (Phi) is 2.60. The highest BCUT2D eigenvalue weighted by atomic mass is 16.6. The number of fused-ring (bicyclic) bond motifs is 2. The molecule has 110 valence electrons. The lowest BCUT2D eigenvalue weighted by Crippen LogP contribution is -2.61. The molecule has 1 aliphatic carbocycles. The van der Waals surface area contributed by atoms with E-state index in [1.807, 2.05) is 0 Å². The highest BCUT2D eigenvalue weighted by Crippen LogP contribution is 2.53. The zero-order chi connectivity index (χ0) is 14.6. The van der Waals surface area contributed by atoms with Gasteiger partial charge in [0.25, 0.3) is 0 Å². The van der Waals surface area contributed by atoms with Crippen molar-refractivity contribution >= 4 is 11.6 Å². The van der Waals surface area contributed by atoms with Crippen LogP contribution < -0.4 is 0 Å². The van der Waals surface area contributed by atoms with E-state index in [9.17, 15) is 4.79 Å². The van der Waals surface area contributed by atoms with Crippen LogP contribution in [0.5, 0.6) is 0 Å². The van der Waals surface area contributed by atoms with Gasteiger partial charge < -0.3 is 9.47 Å². The van der Waals surface area contributed by atoms with Gasteiger partial charge in [-0.3, -0.25) is 4.40 Å². The van der Waals surface area contributed by atoms with E-state index in [-0.39, 0.29) is 23.6 Å². The first kappa shape index (κ1) is 12.8. The number of nitrogens with zero attached hydrogens (tertiary/aromatic N) is 3. The first-order valence-electron chi connectivity index (χ1n) is 7.19. The molecule has 2 fully saturated rings. The normalized spacial score (nSPS) is 29.9. The molecule has 0 aromatic carbocycles. The van der Waals surface area contributed by atoms with Crippen molar-refractivity contribution in [1.82, 2.24) is 14.6 Å². The maximum Gasteiger partial charge on any atom is 0.339 e. The number of hydrogen-bond acceptors (Lipinski definition) is 5. The summed E-state index contributed by atoms with van der Waals surface area (Å²) in [7, 11) is 0. The molecule has 0 amide bonds. The Hall–Kier alpha value is -1.95. The Morgan fingerprint density at radius 3 is 3.19 bits per heavy atom. The van der Waals surface area contributed by atoms with Gasteiger partial charge in [-0.25, -0.2) is 4.79 Å². The molecule has 6 heteroatoms. The zero-order valence-electron chi connectivity index (χ0n) is 12.0. The fourth-order valence-corrected chi connectivity index (χ4v) is 3.65. The third-order valence-corrected chi connectivity index (χ3v) is 4.75. The molecule has 4 rings (SSSR count). The van der Waals surface area contributed by atoms with Crippen LogP contribution in [0.1, 0.15) is 30.6 Å². The maximum atomic E-state index is 12.4. The van der Waals surface area contributed by atoms with Crippen molar-refractivity contribution in [2.45, 2.75) is 32.5 Å². The SMILES string of the molecule is CC1(C)[C@@H]2OCC[C@@H]2[C@@H]1OC(=O)c1ccc2nncn2c1. The molecule has 1 aliphatic heterocycles. The Morgan fingerprint density at radius 1 is 1.48 bits per heavy atom. The lowest BCUT2D eigenvalue weighted by atomic mass is 9.59. The molecule has 3 heterocycles. The molecule has 0 N–H and O–H groups in total. The quantitative estimate of drug-likeness (QED) is 0.787. The van der Waals surface area contributed by atoms with Crippen LogP contribution in [0.15, 0.2) is 24.7 Å². The summed E-state index contributed by atoms with van der Waals surface area (Å²) >= 11 is 0. The molecule has 1 saturated carbocycles. The van der Waals surface area contributed by atoms with E-state index < -0.39 is 0 Å². The fraction of sp³-hybridized carbons (Fsp3) is 0.533. The van der Waals surface area contributed by atoms with Gasteiger partial charge in [0.1, 0.15) is 12.4 Å². The van der Waals surface area contributed by atoms with Crippen molar-refractivity contribution in [3.05, 3.63) is 30.2 Å². The Balaban J connectivity index is 1.55. The van der Waals surface area contributed by atoms with Crippen molar-refractivity contribution in [3.63, 3.8) is 0 Å². The minimum absolute atomic E-state index is 0.0749. The van der Waals surface area contributed by atoms with Crippen molar-refractivity contribution in [2.75, 3.05) is 6.61 Å². The first-order valence-corrected chi connectivity index (χ1v) is 7.19. The second-order valence-corrected chi connectivity index (χ2v) is 6.41. The number of pyridine rings is 1. The third-order valence-electron chi connectivity index (χ3n) is 4.75. The van der Waals surface area contributed by atoms with Crippen molar-refractivity contribution in [3.8, 4) is 0 Å². The predicted octanol–water partition coefficient (Wildman–Crippen LogP) is 1.70. The monoisotopic (exact) mass is 287 g/mol. The van der Waals surface area contributed by atoms with E-state index in [4.69, 9.17) is 9.47 Å². The summed E-state index contributed by atoms with van der Waals surface area (Å²) in [6, 6.07) is 3.48. The number of carbonyl (C=O) groups excluding carboxylic acids is 1. The van der Waals surface area contributed by atoms with Crippen LogP contribution in [-0.2, 0) is 9.47 Å². The van der Waals surface area contributed by atoms with Gasteiger partial charge in [-0.05, 0) is 18.6 Å². The van der Waals surface area contributed by atoms with Gasteiger partial charge in [-0.2, -0.15) is 0 Å². The number of esters is 1. The molecule has 0 unspecified atom stereocenters. The molecule has 2 aromatic rings. The largest absolute Gasteiger partial charge is 0.458 e. The van der Waals surface area contributed by atoms with Crippen LogP contribution in [0.4, 0.5) is 0 Å². The summed E-state index contributed by atoms with van der Waals surface area (Å²) in [6.07, 6.45) is 4.38. The summed E-state index contributed by atoms with van der Waals surface area (Å²) < 4.78 is 13.2. The topological polar surface area (TPSA) is 65.7 Å². The average Bonchev–Trinajstić information content (AvgIpc) is 3.11. The van der Waals surface area contributed by atoms with Crippen LogP contribution >= 0.6 is 0 Å². The van der Waals surface area contributed by atoms with Crippen molar-refractivity contribution in [2.24, 2.45) is 11.3 Å². The predicted molar refractivity (Wildman–Crippen MR) is 73.8 cm³/mol. The summed E-state index contributed by atoms with van der Waals surface area (Å²) in [5.41, 5.74) is 1.11. The number of hydrogen-bond donors (Lipinski definition) is 0. The smallest absolute Gasteiger partial charge is 0.339 e.